The Morgan fingerprint density at radius 1 is 1.14 bits per heavy atom. The van der Waals surface area contributed by atoms with Gasteiger partial charge in [-0.15, -0.1) is 0 Å². The molecule has 1 aliphatic carbocycles. The van der Waals surface area contributed by atoms with Gasteiger partial charge in [-0.05, 0) is 50.7 Å². The molecule has 1 N–H and O–H groups in total. The average Bonchev–Trinajstić information content (AvgIpc) is 3.49. The van der Waals surface area contributed by atoms with Crippen molar-refractivity contribution in [2.45, 2.75) is 24.3 Å². The van der Waals surface area contributed by atoms with E-state index in [0.717, 1.165) is 5.56 Å². The number of methoxy groups -OCH3 is 2. The van der Waals surface area contributed by atoms with Crippen LogP contribution in [0.2, 0.25) is 0 Å². The van der Waals surface area contributed by atoms with Gasteiger partial charge in [-0.1, -0.05) is 24.3 Å². The maximum atomic E-state index is 14.2. The summed E-state index contributed by atoms with van der Waals surface area (Å²) in [7, 11) is 7.10. The van der Waals surface area contributed by atoms with Crippen molar-refractivity contribution in [2.75, 3.05) is 34.9 Å². The van der Waals surface area contributed by atoms with Gasteiger partial charge < -0.3 is 19.7 Å². The van der Waals surface area contributed by atoms with Crippen LogP contribution in [0.4, 0.5) is 4.39 Å². The summed E-state index contributed by atoms with van der Waals surface area (Å²) in [5, 5.41) is 3.04. The van der Waals surface area contributed by atoms with Crippen molar-refractivity contribution in [2.24, 2.45) is 0 Å². The SMILES string of the molecule is COc1ccc(C(CNC(=O)C2(c3ccccc3F)CC2)N(C)C)cc1OC. The molecule has 0 bridgehead atoms. The van der Waals surface area contributed by atoms with E-state index < -0.39 is 5.41 Å². The Hall–Kier alpha value is -2.60. The van der Waals surface area contributed by atoms with Crippen molar-refractivity contribution in [3.8, 4) is 11.5 Å². The predicted octanol–water partition coefficient (Wildman–Crippen LogP) is 3.29. The minimum Gasteiger partial charge on any atom is -0.493 e. The van der Waals surface area contributed by atoms with Crippen molar-refractivity contribution in [1.29, 1.82) is 0 Å². The molecule has 3 rings (SSSR count). The van der Waals surface area contributed by atoms with E-state index in [-0.39, 0.29) is 17.8 Å². The molecule has 2 aromatic rings. The number of ether oxygens (including phenoxy) is 2. The third-order valence-electron chi connectivity index (χ3n) is 5.45. The summed E-state index contributed by atoms with van der Waals surface area (Å²) in [4.78, 5) is 15.0. The van der Waals surface area contributed by atoms with Gasteiger partial charge in [-0.2, -0.15) is 0 Å². The van der Waals surface area contributed by atoms with Crippen LogP contribution in [0.5, 0.6) is 11.5 Å². The molecule has 150 valence electrons. The fourth-order valence-corrected chi connectivity index (χ4v) is 3.61. The smallest absolute Gasteiger partial charge is 0.230 e. The Morgan fingerprint density at radius 2 is 1.82 bits per heavy atom. The molecular weight excluding hydrogens is 359 g/mol. The van der Waals surface area contributed by atoms with Crippen molar-refractivity contribution >= 4 is 5.91 Å². The number of nitrogens with zero attached hydrogens (tertiary/aromatic N) is 1. The quantitative estimate of drug-likeness (QED) is 0.756. The van der Waals surface area contributed by atoms with Crippen LogP contribution in [0.3, 0.4) is 0 Å². The van der Waals surface area contributed by atoms with E-state index in [4.69, 9.17) is 9.47 Å². The Balaban J connectivity index is 1.76. The van der Waals surface area contributed by atoms with E-state index in [9.17, 15) is 9.18 Å². The Labute approximate surface area is 165 Å². The number of benzene rings is 2. The lowest BCUT2D eigenvalue weighted by atomic mass is 9.94. The summed E-state index contributed by atoms with van der Waals surface area (Å²) in [5.41, 5.74) is 0.749. The molecule has 0 spiro atoms. The highest BCUT2D eigenvalue weighted by Crippen LogP contribution is 2.49. The summed E-state index contributed by atoms with van der Waals surface area (Å²) in [6.07, 6.45) is 1.34. The van der Waals surface area contributed by atoms with Gasteiger partial charge in [0.25, 0.3) is 0 Å². The molecule has 1 fully saturated rings. The second-order valence-electron chi connectivity index (χ2n) is 7.37. The van der Waals surface area contributed by atoms with Crippen LogP contribution in [0.25, 0.3) is 0 Å². The number of hydrogen-bond acceptors (Lipinski definition) is 4. The van der Waals surface area contributed by atoms with Crippen LogP contribution in [-0.4, -0.2) is 45.7 Å². The average molecular weight is 386 g/mol. The minimum absolute atomic E-state index is 0.0554. The number of carbonyl (C=O) groups is 1. The summed E-state index contributed by atoms with van der Waals surface area (Å²) in [5.74, 6) is 0.858. The molecule has 2 aromatic carbocycles. The van der Waals surface area contributed by atoms with Gasteiger partial charge in [0, 0.05) is 12.1 Å². The van der Waals surface area contributed by atoms with E-state index in [0.29, 0.717) is 36.4 Å². The zero-order valence-corrected chi connectivity index (χ0v) is 16.8. The zero-order valence-electron chi connectivity index (χ0n) is 16.8. The molecule has 1 aliphatic rings. The topological polar surface area (TPSA) is 50.8 Å². The van der Waals surface area contributed by atoms with E-state index in [1.54, 1.807) is 32.4 Å². The van der Waals surface area contributed by atoms with E-state index in [1.165, 1.54) is 6.07 Å². The van der Waals surface area contributed by atoms with Crippen LogP contribution in [0.15, 0.2) is 42.5 Å². The highest BCUT2D eigenvalue weighted by molar-refractivity contribution is 5.91. The summed E-state index contributed by atoms with van der Waals surface area (Å²) in [6, 6.07) is 12.2. The Morgan fingerprint density at radius 3 is 2.39 bits per heavy atom. The third-order valence-corrected chi connectivity index (χ3v) is 5.45. The van der Waals surface area contributed by atoms with E-state index in [1.807, 2.05) is 37.2 Å². The number of likely N-dealkylation sites (N-methyl/N-ethyl adjacent to an activating group) is 1. The van der Waals surface area contributed by atoms with E-state index >= 15 is 0 Å². The molecule has 0 saturated heterocycles. The second-order valence-corrected chi connectivity index (χ2v) is 7.37. The highest BCUT2D eigenvalue weighted by Gasteiger charge is 2.52. The predicted molar refractivity (Wildman–Crippen MR) is 106 cm³/mol. The molecule has 5 nitrogen and oxygen atoms in total. The largest absolute Gasteiger partial charge is 0.493 e. The molecule has 0 heterocycles. The summed E-state index contributed by atoms with van der Waals surface area (Å²) < 4.78 is 24.9. The van der Waals surface area contributed by atoms with Gasteiger partial charge in [-0.25, -0.2) is 4.39 Å². The van der Waals surface area contributed by atoms with Gasteiger partial charge in [0.05, 0.1) is 25.7 Å². The maximum absolute atomic E-state index is 14.2. The number of rotatable bonds is 8. The fourth-order valence-electron chi connectivity index (χ4n) is 3.61. The third kappa shape index (κ3) is 3.83. The molecule has 1 saturated carbocycles. The summed E-state index contributed by atoms with van der Waals surface area (Å²) >= 11 is 0. The van der Waals surface area contributed by atoms with Crippen LogP contribution in [0.1, 0.15) is 30.0 Å². The molecule has 0 radical (unpaired) electrons. The number of amides is 1. The first-order valence-electron chi connectivity index (χ1n) is 9.34. The number of carbonyl (C=O) groups excluding carboxylic acids is 1. The first-order chi connectivity index (χ1) is 13.4. The van der Waals surface area contributed by atoms with Crippen molar-refractivity contribution in [3.05, 3.63) is 59.4 Å². The lowest BCUT2D eigenvalue weighted by molar-refractivity contribution is -0.123. The van der Waals surface area contributed by atoms with Crippen LogP contribution >= 0.6 is 0 Å². The van der Waals surface area contributed by atoms with Crippen molar-refractivity contribution < 1.29 is 18.7 Å². The van der Waals surface area contributed by atoms with Crippen molar-refractivity contribution in [3.63, 3.8) is 0 Å². The first-order valence-corrected chi connectivity index (χ1v) is 9.34. The molecule has 6 heteroatoms. The first kappa shape index (κ1) is 20.1. The molecule has 1 amide bonds. The zero-order chi connectivity index (χ0) is 20.3. The molecule has 0 aliphatic heterocycles. The molecule has 0 aromatic heterocycles. The van der Waals surface area contributed by atoms with Crippen LogP contribution < -0.4 is 14.8 Å². The van der Waals surface area contributed by atoms with Gasteiger partial charge in [-0.3, -0.25) is 4.79 Å². The molecular formula is C22H27FN2O3. The second kappa shape index (κ2) is 8.19. The van der Waals surface area contributed by atoms with Crippen LogP contribution in [-0.2, 0) is 10.2 Å². The monoisotopic (exact) mass is 386 g/mol. The highest BCUT2D eigenvalue weighted by atomic mass is 19.1. The minimum atomic E-state index is -0.736. The fraction of sp³-hybridized carbons (Fsp3) is 0.409. The summed E-state index contributed by atoms with van der Waals surface area (Å²) in [6.45, 7) is 0.414. The maximum Gasteiger partial charge on any atom is 0.230 e. The van der Waals surface area contributed by atoms with Gasteiger partial charge in [0.2, 0.25) is 5.91 Å². The Bertz CT molecular complexity index is 849. The number of nitrogens with one attached hydrogen (secondary N) is 1. The standard InChI is InChI=1S/C22H27FN2O3/c1-25(2)18(15-9-10-19(27-3)20(13-15)28-4)14-24-21(26)22(11-12-22)16-7-5-6-8-17(16)23/h5-10,13,18H,11-12,14H2,1-4H3,(H,24,26). The van der Waals surface area contributed by atoms with Crippen LogP contribution in [0, 0.1) is 5.82 Å². The lowest BCUT2D eigenvalue weighted by Crippen LogP contribution is -2.40. The number of hydrogen-bond donors (Lipinski definition) is 1. The van der Waals surface area contributed by atoms with Gasteiger partial charge in [0.1, 0.15) is 5.82 Å². The van der Waals surface area contributed by atoms with Gasteiger partial charge in [0.15, 0.2) is 11.5 Å². The van der Waals surface area contributed by atoms with Gasteiger partial charge >= 0.3 is 0 Å². The Kier molecular flexibility index (Phi) is 5.89. The van der Waals surface area contributed by atoms with Crippen molar-refractivity contribution in [1.82, 2.24) is 10.2 Å². The normalized spacial score (nSPS) is 15.8. The molecule has 28 heavy (non-hydrogen) atoms. The van der Waals surface area contributed by atoms with E-state index in [2.05, 4.69) is 5.32 Å². The number of halogens is 1. The lowest BCUT2D eigenvalue weighted by Gasteiger charge is -2.27. The molecule has 1 atom stereocenters. The molecule has 1 unspecified atom stereocenters.